The Morgan fingerprint density at radius 3 is 2.38 bits per heavy atom. The van der Waals surface area contributed by atoms with E-state index in [-0.39, 0.29) is 0 Å². The van der Waals surface area contributed by atoms with Crippen LogP contribution in [-0.4, -0.2) is 16.1 Å². The van der Waals surface area contributed by atoms with E-state index in [4.69, 9.17) is 11.6 Å². The number of nitrogens with zero attached hydrogens (tertiary/aromatic N) is 2. The molecule has 4 heteroatoms. The van der Waals surface area contributed by atoms with E-state index in [0.29, 0.717) is 10.7 Å². The van der Waals surface area contributed by atoms with Gasteiger partial charge in [-0.15, -0.1) is 0 Å². The van der Waals surface area contributed by atoms with Crippen molar-refractivity contribution in [2.24, 2.45) is 7.05 Å². The minimum Gasteiger partial charge on any atom is -0.298 e. The van der Waals surface area contributed by atoms with Crippen molar-refractivity contribution >= 4 is 17.9 Å². The van der Waals surface area contributed by atoms with Crippen LogP contribution in [-0.2, 0) is 7.05 Å². The van der Waals surface area contributed by atoms with E-state index in [9.17, 15) is 4.79 Å². The van der Waals surface area contributed by atoms with Crippen molar-refractivity contribution in [3.63, 3.8) is 0 Å². The molecule has 0 aliphatic heterocycles. The summed E-state index contributed by atoms with van der Waals surface area (Å²) < 4.78 is 1.64. The van der Waals surface area contributed by atoms with E-state index >= 15 is 0 Å². The molecule has 0 saturated carbocycles. The number of rotatable bonds is 2. The molecule has 0 unspecified atom stereocenters. The Hall–Kier alpha value is -1.61. The SMILES string of the molecule is Cc1nn(C)c(Cl)c1-c1ccc(C=O)cc1. The molecule has 1 heterocycles. The predicted octanol–water partition coefficient (Wildman–Crippen LogP) is 2.86. The molecule has 0 radical (unpaired) electrons. The van der Waals surface area contributed by atoms with Crippen LogP contribution in [0, 0.1) is 6.92 Å². The standard InChI is InChI=1S/C12H11ClN2O/c1-8-11(12(13)15(2)14-8)10-5-3-9(7-16)4-6-10/h3-7H,1-2H3. The highest BCUT2D eigenvalue weighted by molar-refractivity contribution is 6.32. The largest absolute Gasteiger partial charge is 0.298 e. The molecule has 0 N–H and O–H groups in total. The molecular formula is C12H11ClN2O. The van der Waals surface area contributed by atoms with E-state index in [1.807, 2.05) is 19.1 Å². The fourth-order valence-corrected chi connectivity index (χ4v) is 1.97. The van der Waals surface area contributed by atoms with Crippen molar-refractivity contribution in [2.75, 3.05) is 0 Å². The van der Waals surface area contributed by atoms with Gasteiger partial charge >= 0.3 is 0 Å². The predicted molar refractivity (Wildman–Crippen MR) is 63.8 cm³/mol. The summed E-state index contributed by atoms with van der Waals surface area (Å²) in [6, 6.07) is 7.29. The molecule has 0 fully saturated rings. The summed E-state index contributed by atoms with van der Waals surface area (Å²) in [6.07, 6.45) is 0.821. The van der Waals surface area contributed by atoms with Gasteiger partial charge in [-0.2, -0.15) is 5.10 Å². The maximum absolute atomic E-state index is 10.5. The molecule has 1 aromatic heterocycles. The average molecular weight is 235 g/mol. The summed E-state index contributed by atoms with van der Waals surface area (Å²) in [5.74, 6) is 0. The van der Waals surface area contributed by atoms with Crippen LogP contribution in [0.2, 0.25) is 5.15 Å². The van der Waals surface area contributed by atoms with Gasteiger partial charge in [0.15, 0.2) is 0 Å². The highest BCUT2D eigenvalue weighted by atomic mass is 35.5. The van der Waals surface area contributed by atoms with Crippen LogP contribution in [0.4, 0.5) is 0 Å². The van der Waals surface area contributed by atoms with Crippen LogP contribution in [0.25, 0.3) is 11.1 Å². The van der Waals surface area contributed by atoms with E-state index in [2.05, 4.69) is 5.10 Å². The van der Waals surface area contributed by atoms with E-state index in [1.54, 1.807) is 23.9 Å². The summed E-state index contributed by atoms with van der Waals surface area (Å²) in [6.45, 7) is 1.91. The van der Waals surface area contributed by atoms with Crippen molar-refractivity contribution < 1.29 is 4.79 Å². The van der Waals surface area contributed by atoms with Gasteiger partial charge in [0.05, 0.1) is 5.69 Å². The van der Waals surface area contributed by atoms with Gasteiger partial charge < -0.3 is 0 Å². The number of aldehydes is 1. The number of hydrogen-bond acceptors (Lipinski definition) is 2. The second-order valence-corrected chi connectivity index (χ2v) is 3.97. The maximum atomic E-state index is 10.5. The molecule has 2 rings (SSSR count). The lowest BCUT2D eigenvalue weighted by Crippen LogP contribution is -1.89. The molecule has 0 atom stereocenters. The maximum Gasteiger partial charge on any atom is 0.150 e. The molecule has 0 bridgehead atoms. The Bertz CT molecular complexity index is 529. The van der Waals surface area contributed by atoms with Gasteiger partial charge in [-0.3, -0.25) is 9.48 Å². The Labute approximate surface area is 98.7 Å². The van der Waals surface area contributed by atoms with Crippen LogP contribution in [0.3, 0.4) is 0 Å². The molecule has 0 amide bonds. The molecule has 0 aliphatic carbocycles. The number of aromatic nitrogens is 2. The van der Waals surface area contributed by atoms with Gasteiger partial charge in [0.2, 0.25) is 0 Å². The van der Waals surface area contributed by atoms with Gasteiger partial charge in [0, 0.05) is 18.2 Å². The summed E-state index contributed by atoms with van der Waals surface area (Å²) in [5, 5.41) is 4.85. The Balaban J connectivity index is 2.54. The third-order valence-corrected chi connectivity index (χ3v) is 2.92. The fraction of sp³-hybridized carbons (Fsp3) is 0.167. The number of aryl methyl sites for hydroxylation is 2. The third-order valence-electron chi connectivity index (χ3n) is 2.49. The van der Waals surface area contributed by atoms with Crippen LogP contribution in [0.1, 0.15) is 16.1 Å². The highest BCUT2D eigenvalue weighted by Gasteiger charge is 2.12. The number of carbonyl (C=O) groups is 1. The minimum absolute atomic E-state index is 0.608. The summed E-state index contributed by atoms with van der Waals surface area (Å²) >= 11 is 6.15. The topological polar surface area (TPSA) is 34.9 Å². The van der Waals surface area contributed by atoms with Crippen LogP contribution < -0.4 is 0 Å². The van der Waals surface area contributed by atoms with Gasteiger partial charge in [-0.25, -0.2) is 0 Å². The van der Waals surface area contributed by atoms with Crippen LogP contribution in [0.5, 0.6) is 0 Å². The Kier molecular flexibility index (Phi) is 2.79. The highest BCUT2D eigenvalue weighted by Crippen LogP contribution is 2.30. The summed E-state index contributed by atoms with van der Waals surface area (Å²) in [7, 11) is 1.80. The number of hydrogen-bond donors (Lipinski definition) is 0. The zero-order valence-corrected chi connectivity index (χ0v) is 9.82. The van der Waals surface area contributed by atoms with Crippen molar-refractivity contribution in [2.45, 2.75) is 6.92 Å². The first-order valence-corrected chi connectivity index (χ1v) is 5.26. The first kappa shape index (κ1) is 10.9. The molecule has 3 nitrogen and oxygen atoms in total. The fourth-order valence-electron chi connectivity index (χ4n) is 1.69. The third kappa shape index (κ3) is 1.74. The van der Waals surface area contributed by atoms with E-state index < -0.39 is 0 Å². The first-order chi connectivity index (χ1) is 7.63. The second kappa shape index (κ2) is 4.10. The molecule has 2 aromatic rings. The Morgan fingerprint density at radius 1 is 1.31 bits per heavy atom. The van der Waals surface area contributed by atoms with Gasteiger partial charge in [-0.1, -0.05) is 35.9 Å². The van der Waals surface area contributed by atoms with Crippen molar-refractivity contribution in [1.29, 1.82) is 0 Å². The zero-order chi connectivity index (χ0) is 11.7. The Morgan fingerprint density at radius 2 is 1.94 bits per heavy atom. The summed E-state index contributed by atoms with van der Waals surface area (Å²) in [5.41, 5.74) is 3.43. The van der Waals surface area contributed by atoms with Crippen molar-refractivity contribution in [1.82, 2.24) is 9.78 Å². The number of carbonyl (C=O) groups excluding carboxylic acids is 1. The van der Waals surface area contributed by atoms with Crippen LogP contribution in [0.15, 0.2) is 24.3 Å². The lowest BCUT2D eigenvalue weighted by molar-refractivity contribution is 0.112. The average Bonchev–Trinajstić information content (AvgIpc) is 2.54. The molecule has 82 valence electrons. The number of benzene rings is 1. The molecule has 16 heavy (non-hydrogen) atoms. The zero-order valence-electron chi connectivity index (χ0n) is 9.07. The first-order valence-electron chi connectivity index (χ1n) is 4.88. The van der Waals surface area contributed by atoms with E-state index in [0.717, 1.165) is 23.1 Å². The quantitative estimate of drug-likeness (QED) is 0.749. The van der Waals surface area contributed by atoms with Crippen molar-refractivity contribution in [3.8, 4) is 11.1 Å². The molecule has 0 aliphatic rings. The smallest absolute Gasteiger partial charge is 0.150 e. The monoisotopic (exact) mass is 234 g/mol. The van der Waals surface area contributed by atoms with Gasteiger partial charge in [0.1, 0.15) is 11.4 Å². The molecule has 0 spiro atoms. The second-order valence-electron chi connectivity index (χ2n) is 3.61. The lowest BCUT2D eigenvalue weighted by Gasteiger charge is -2.01. The molecule has 1 aromatic carbocycles. The normalized spacial score (nSPS) is 10.4. The molecule has 0 saturated heterocycles. The minimum atomic E-state index is 0.608. The number of halogens is 1. The lowest BCUT2D eigenvalue weighted by atomic mass is 10.1. The summed E-state index contributed by atoms with van der Waals surface area (Å²) in [4.78, 5) is 10.5. The van der Waals surface area contributed by atoms with Crippen LogP contribution >= 0.6 is 11.6 Å². The van der Waals surface area contributed by atoms with Crippen molar-refractivity contribution in [3.05, 3.63) is 40.7 Å². The molecular weight excluding hydrogens is 224 g/mol. The van der Waals surface area contributed by atoms with Gasteiger partial charge in [0.25, 0.3) is 0 Å². The van der Waals surface area contributed by atoms with Gasteiger partial charge in [-0.05, 0) is 12.5 Å². The van der Waals surface area contributed by atoms with E-state index in [1.165, 1.54) is 0 Å².